The summed E-state index contributed by atoms with van der Waals surface area (Å²) in [4.78, 5) is 6.65. The van der Waals surface area contributed by atoms with Crippen molar-refractivity contribution >= 4 is 17.4 Å². The fourth-order valence-corrected chi connectivity index (χ4v) is 2.79. The summed E-state index contributed by atoms with van der Waals surface area (Å²) in [5.41, 5.74) is 6.63. The minimum Gasteiger partial charge on any atom is -0.384 e. The van der Waals surface area contributed by atoms with Gasteiger partial charge in [0.2, 0.25) is 0 Å². The maximum absolute atomic E-state index is 6.35. The fourth-order valence-electron chi connectivity index (χ4n) is 2.48. The number of nitrogens with two attached hydrogens (primary N) is 1. The fraction of sp³-hybridized carbons (Fsp3) is 0.615. The van der Waals surface area contributed by atoms with Crippen molar-refractivity contribution in [3.05, 3.63) is 22.8 Å². The second kappa shape index (κ2) is 6.36. The second-order valence-corrected chi connectivity index (χ2v) is 5.10. The van der Waals surface area contributed by atoms with Crippen molar-refractivity contribution in [2.45, 2.75) is 19.4 Å². The third-order valence-electron chi connectivity index (χ3n) is 3.39. The van der Waals surface area contributed by atoms with Crippen molar-refractivity contribution < 1.29 is 4.74 Å². The SMILES string of the molecule is COCC1CCCN(c2nccc(CN)c2Cl)C1. The molecule has 0 amide bonds. The minimum absolute atomic E-state index is 0.448. The van der Waals surface area contributed by atoms with E-state index >= 15 is 0 Å². The zero-order chi connectivity index (χ0) is 13.0. The van der Waals surface area contributed by atoms with Crippen LogP contribution in [-0.4, -0.2) is 31.8 Å². The van der Waals surface area contributed by atoms with Crippen LogP contribution >= 0.6 is 11.6 Å². The van der Waals surface area contributed by atoms with Gasteiger partial charge in [-0.3, -0.25) is 0 Å². The average molecular weight is 270 g/mol. The van der Waals surface area contributed by atoms with Crippen LogP contribution in [0.1, 0.15) is 18.4 Å². The summed E-state index contributed by atoms with van der Waals surface area (Å²) >= 11 is 6.35. The van der Waals surface area contributed by atoms with E-state index in [1.807, 2.05) is 6.07 Å². The number of ether oxygens (including phenoxy) is 1. The molecule has 5 heteroatoms. The highest BCUT2D eigenvalue weighted by Gasteiger charge is 2.23. The molecule has 1 aliphatic heterocycles. The summed E-state index contributed by atoms with van der Waals surface area (Å²) in [7, 11) is 1.75. The molecule has 2 rings (SSSR count). The Morgan fingerprint density at radius 3 is 3.17 bits per heavy atom. The number of hydrogen-bond acceptors (Lipinski definition) is 4. The van der Waals surface area contributed by atoms with Gasteiger partial charge in [-0.2, -0.15) is 0 Å². The van der Waals surface area contributed by atoms with Crippen LogP contribution < -0.4 is 10.6 Å². The molecule has 0 spiro atoms. The number of hydrogen-bond donors (Lipinski definition) is 1. The Bertz CT molecular complexity index is 398. The van der Waals surface area contributed by atoms with Gasteiger partial charge in [0.15, 0.2) is 0 Å². The van der Waals surface area contributed by atoms with Crippen molar-refractivity contribution in [2.75, 3.05) is 31.7 Å². The average Bonchev–Trinajstić information content (AvgIpc) is 2.40. The van der Waals surface area contributed by atoms with Crippen LogP contribution in [0.2, 0.25) is 5.02 Å². The Labute approximate surface area is 113 Å². The highest BCUT2D eigenvalue weighted by molar-refractivity contribution is 6.33. The molecule has 18 heavy (non-hydrogen) atoms. The van der Waals surface area contributed by atoms with Gasteiger partial charge < -0.3 is 15.4 Å². The van der Waals surface area contributed by atoms with Gasteiger partial charge in [0.05, 0.1) is 11.6 Å². The van der Waals surface area contributed by atoms with Gasteiger partial charge in [-0.05, 0) is 30.4 Å². The molecule has 0 saturated carbocycles. The molecule has 1 aliphatic rings. The molecule has 1 fully saturated rings. The molecule has 1 aromatic heterocycles. The van der Waals surface area contributed by atoms with Crippen LogP contribution in [-0.2, 0) is 11.3 Å². The van der Waals surface area contributed by atoms with E-state index in [1.54, 1.807) is 13.3 Å². The molecule has 4 nitrogen and oxygen atoms in total. The molecule has 1 atom stereocenters. The second-order valence-electron chi connectivity index (χ2n) is 4.72. The van der Waals surface area contributed by atoms with Crippen LogP contribution in [0.25, 0.3) is 0 Å². The van der Waals surface area contributed by atoms with Crippen molar-refractivity contribution in [3.8, 4) is 0 Å². The monoisotopic (exact) mass is 269 g/mol. The van der Waals surface area contributed by atoms with Crippen molar-refractivity contribution in [1.82, 2.24) is 4.98 Å². The van der Waals surface area contributed by atoms with Crippen LogP contribution in [0.15, 0.2) is 12.3 Å². The topological polar surface area (TPSA) is 51.4 Å². The number of piperidine rings is 1. The maximum Gasteiger partial charge on any atom is 0.147 e. The predicted octanol–water partition coefficient (Wildman–Crippen LogP) is 2.06. The van der Waals surface area contributed by atoms with E-state index < -0.39 is 0 Å². The highest BCUT2D eigenvalue weighted by Crippen LogP contribution is 2.30. The first-order valence-corrected chi connectivity index (χ1v) is 6.71. The summed E-state index contributed by atoms with van der Waals surface area (Å²) in [5.74, 6) is 1.42. The highest BCUT2D eigenvalue weighted by atomic mass is 35.5. The first-order valence-electron chi connectivity index (χ1n) is 6.33. The third kappa shape index (κ3) is 2.94. The molecule has 1 unspecified atom stereocenters. The Morgan fingerprint density at radius 2 is 2.44 bits per heavy atom. The molecular formula is C13H20ClN3O. The Hall–Kier alpha value is -0.840. The van der Waals surface area contributed by atoms with E-state index in [9.17, 15) is 0 Å². The number of aromatic nitrogens is 1. The number of anilines is 1. The molecule has 0 aliphatic carbocycles. The quantitative estimate of drug-likeness (QED) is 0.909. The summed E-state index contributed by atoms with van der Waals surface area (Å²) in [5, 5.41) is 0.693. The molecule has 2 heterocycles. The first kappa shape index (κ1) is 13.6. The van der Waals surface area contributed by atoms with E-state index in [2.05, 4.69) is 9.88 Å². The number of pyridine rings is 1. The molecule has 0 radical (unpaired) electrons. The molecule has 100 valence electrons. The molecular weight excluding hydrogens is 250 g/mol. The lowest BCUT2D eigenvalue weighted by atomic mass is 9.99. The summed E-state index contributed by atoms with van der Waals surface area (Å²) < 4.78 is 5.24. The van der Waals surface area contributed by atoms with E-state index in [0.717, 1.165) is 37.5 Å². The molecule has 1 aromatic rings. The van der Waals surface area contributed by atoms with Crippen molar-refractivity contribution in [1.29, 1.82) is 0 Å². The Morgan fingerprint density at radius 1 is 1.61 bits per heavy atom. The standard InChI is InChI=1S/C13H20ClN3O/c1-18-9-10-3-2-6-17(8-10)13-12(14)11(7-15)4-5-16-13/h4-5,10H,2-3,6-9,15H2,1H3. The summed E-state index contributed by atoms with van der Waals surface area (Å²) in [6.45, 7) is 3.20. The summed E-state index contributed by atoms with van der Waals surface area (Å²) in [6, 6.07) is 1.88. The van der Waals surface area contributed by atoms with E-state index in [-0.39, 0.29) is 0 Å². The molecule has 2 N–H and O–H groups in total. The zero-order valence-electron chi connectivity index (χ0n) is 10.7. The van der Waals surface area contributed by atoms with E-state index in [0.29, 0.717) is 17.5 Å². The number of halogens is 1. The molecule has 1 saturated heterocycles. The van der Waals surface area contributed by atoms with Gasteiger partial charge in [0.25, 0.3) is 0 Å². The number of methoxy groups -OCH3 is 1. The smallest absolute Gasteiger partial charge is 0.147 e. The normalized spacial score (nSPS) is 20.2. The number of nitrogens with zero attached hydrogens (tertiary/aromatic N) is 2. The molecule has 0 bridgehead atoms. The van der Waals surface area contributed by atoms with Gasteiger partial charge in [0, 0.05) is 32.9 Å². The van der Waals surface area contributed by atoms with Crippen LogP contribution in [0.4, 0.5) is 5.82 Å². The van der Waals surface area contributed by atoms with Crippen LogP contribution in [0.5, 0.6) is 0 Å². The van der Waals surface area contributed by atoms with E-state index in [4.69, 9.17) is 22.1 Å². The largest absolute Gasteiger partial charge is 0.384 e. The minimum atomic E-state index is 0.448. The number of rotatable bonds is 4. The van der Waals surface area contributed by atoms with Gasteiger partial charge >= 0.3 is 0 Å². The lowest BCUT2D eigenvalue weighted by Gasteiger charge is -2.34. The van der Waals surface area contributed by atoms with Crippen LogP contribution in [0, 0.1) is 5.92 Å². The third-order valence-corrected chi connectivity index (χ3v) is 3.80. The first-order chi connectivity index (χ1) is 8.76. The summed E-state index contributed by atoms with van der Waals surface area (Å²) in [6.07, 6.45) is 4.14. The van der Waals surface area contributed by atoms with E-state index in [1.165, 1.54) is 6.42 Å². The zero-order valence-corrected chi connectivity index (χ0v) is 11.5. The Balaban J connectivity index is 2.15. The lowest BCUT2D eigenvalue weighted by molar-refractivity contribution is 0.143. The van der Waals surface area contributed by atoms with Gasteiger partial charge in [-0.15, -0.1) is 0 Å². The van der Waals surface area contributed by atoms with Gasteiger partial charge in [-0.1, -0.05) is 11.6 Å². The van der Waals surface area contributed by atoms with Crippen molar-refractivity contribution in [3.63, 3.8) is 0 Å². The van der Waals surface area contributed by atoms with Crippen molar-refractivity contribution in [2.24, 2.45) is 11.7 Å². The maximum atomic E-state index is 6.35. The van der Waals surface area contributed by atoms with Crippen LogP contribution in [0.3, 0.4) is 0 Å². The lowest BCUT2D eigenvalue weighted by Crippen LogP contribution is -2.37. The predicted molar refractivity (Wildman–Crippen MR) is 74.0 cm³/mol. The molecule has 0 aromatic carbocycles. The van der Waals surface area contributed by atoms with Gasteiger partial charge in [-0.25, -0.2) is 4.98 Å². The van der Waals surface area contributed by atoms with Gasteiger partial charge in [0.1, 0.15) is 5.82 Å². The Kier molecular flexibility index (Phi) is 4.80.